The Kier molecular flexibility index (Phi) is 3.99. The number of hydrogen-bond donors (Lipinski definition) is 1. The van der Waals surface area contributed by atoms with E-state index >= 15 is 0 Å². The first kappa shape index (κ1) is 13.7. The molecule has 2 aromatic rings. The zero-order chi connectivity index (χ0) is 14.0. The molecule has 1 aromatic carbocycles. The molecule has 19 heavy (non-hydrogen) atoms. The van der Waals surface area contributed by atoms with E-state index in [0.29, 0.717) is 17.8 Å². The van der Waals surface area contributed by atoms with E-state index in [1.165, 1.54) is 0 Å². The molecule has 0 aliphatic carbocycles. The van der Waals surface area contributed by atoms with E-state index in [4.69, 9.17) is 5.11 Å². The van der Waals surface area contributed by atoms with Crippen molar-refractivity contribution in [2.45, 2.75) is 19.9 Å². The van der Waals surface area contributed by atoms with Gasteiger partial charge in [0.05, 0.1) is 11.1 Å². The van der Waals surface area contributed by atoms with Gasteiger partial charge in [-0.25, -0.2) is 9.78 Å². The van der Waals surface area contributed by atoms with Crippen molar-refractivity contribution in [1.82, 2.24) is 9.55 Å². The summed E-state index contributed by atoms with van der Waals surface area (Å²) in [5.74, 6) is 0.452. The van der Waals surface area contributed by atoms with Crippen LogP contribution in [-0.4, -0.2) is 36.8 Å². The predicted octanol–water partition coefficient (Wildman–Crippen LogP) is 1.81. The van der Waals surface area contributed by atoms with Gasteiger partial charge in [0.1, 0.15) is 11.3 Å². The minimum Gasteiger partial charge on any atom is -0.478 e. The maximum atomic E-state index is 11.1. The lowest BCUT2D eigenvalue weighted by Gasteiger charge is -2.06. The molecule has 102 valence electrons. The molecule has 1 aromatic heterocycles. The molecule has 1 heterocycles. The summed E-state index contributed by atoms with van der Waals surface area (Å²) in [4.78, 5) is 15.5. The zero-order valence-corrected chi connectivity index (χ0v) is 11.7. The molecule has 1 atom stereocenters. The van der Waals surface area contributed by atoms with Crippen LogP contribution in [0.4, 0.5) is 0 Å². The van der Waals surface area contributed by atoms with Gasteiger partial charge in [-0.05, 0) is 25.5 Å². The van der Waals surface area contributed by atoms with Crippen LogP contribution in [0.15, 0.2) is 18.2 Å². The average Bonchev–Trinajstić information content (AvgIpc) is 2.65. The molecule has 1 N–H and O–H groups in total. The zero-order valence-electron chi connectivity index (χ0n) is 10.9. The fourth-order valence-electron chi connectivity index (χ4n) is 2.14. The summed E-state index contributed by atoms with van der Waals surface area (Å²) in [6, 6.07) is 5.15. The molecule has 0 aliphatic heterocycles. The highest BCUT2D eigenvalue weighted by molar-refractivity contribution is 7.84. The van der Waals surface area contributed by atoms with Gasteiger partial charge in [-0.2, -0.15) is 0 Å². The molecule has 0 bridgehead atoms. The minimum absolute atomic E-state index is 0.221. The van der Waals surface area contributed by atoms with Crippen LogP contribution in [0.2, 0.25) is 0 Å². The van der Waals surface area contributed by atoms with Crippen molar-refractivity contribution in [3.05, 3.63) is 29.6 Å². The van der Waals surface area contributed by atoms with E-state index in [9.17, 15) is 9.00 Å². The van der Waals surface area contributed by atoms with E-state index in [1.54, 1.807) is 18.4 Å². The van der Waals surface area contributed by atoms with Crippen LogP contribution in [0.25, 0.3) is 11.0 Å². The van der Waals surface area contributed by atoms with Crippen molar-refractivity contribution in [3.63, 3.8) is 0 Å². The highest BCUT2D eigenvalue weighted by atomic mass is 32.2. The van der Waals surface area contributed by atoms with Gasteiger partial charge in [0.2, 0.25) is 0 Å². The average molecular weight is 280 g/mol. The standard InChI is InChI=1S/C13H16N2O3S/c1-9-14-12-10(13(16)17)5-3-6-11(12)15(9)7-4-8-19(2)18/h3,5-6H,4,7-8H2,1-2H3,(H,16,17). The number of nitrogens with zero attached hydrogens (tertiary/aromatic N) is 2. The third-order valence-electron chi connectivity index (χ3n) is 3.01. The predicted molar refractivity (Wildman–Crippen MR) is 75.0 cm³/mol. The number of benzene rings is 1. The van der Waals surface area contributed by atoms with Crippen molar-refractivity contribution in [1.29, 1.82) is 0 Å². The van der Waals surface area contributed by atoms with Crippen LogP contribution in [0, 0.1) is 6.92 Å². The lowest BCUT2D eigenvalue weighted by atomic mass is 10.2. The summed E-state index contributed by atoms with van der Waals surface area (Å²) >= 11 is 0. The first-order chi connectivity index (χ1) is 9.00. The van der Waals surface area contributed by atoms with Crippen molar-refractivity contribution in [2.75, 3.05) is 12.0 Å². The number of hydrogen-bond acceptors (Lipinski definition) is 3. The molecule has 0 aliphatic rings. The smallest absolute Gasteiger partial charge is 0.337 e. The summed E-state index contributed by atoms with van der Waals surface area (Å²) < 4.78 is 13.1. The van der Waals surface area contributed by atoms with E-state index in [2.05, 4.69) is 4.98 Å². The molecule has 6 heteroatoms. The molecule has 0 fully saturated rings. The molecule has 0 saturated heterocycles. The van der Waals surface area contributed by atoms with E-state index in [0.717, 1.165) is 17.8 Å². The third kappa shape index (κ3) is 2.84. The lowest BCUT2D eigenvalue weighted by Crippen LogP contribution is -2.05. The Hall–Kier alpha value is -1.69. The first-order valence-corrected chi connectivity index (χ1v) is 7.72. The Balaban J connectivity index is 2.39. The molecule has 0 saturated carbocycles. The van der Waals surface area contributed by atoms with Gasteiger partial charge in [0.15, 0.2) is 0 Å². The Labute approximate surface area is 113 Å². The highest BCUT2D eigenvalue weighted by Crippen LogP contribution is 2.20. The largest absolute Gasteiger partial charge is 0.478 e. The van der Waals surface area contributed by atoms with Crippen molar-refractivity contribution >= 4 is 27.8 Å². The van der Waals surface area contributed by atoms with E-state index < -0.39 is 16.8 Å². The summed E-state index contributed by atoms with van der Waals surface area (Å²) in [7, 11) is -0.807. The van der Waals surface area contributed by atoms with Gasteiger partial charge in [-0.1, -0.05) is 6.07 Å². The first-order valence-electron chi connectivity index (χ1n) is 6.00. The fourth-order valence-corrected chi connectivity index (χ4v) is 2.68. The van der Waals surface area contributed by atoms with Crippen LogP contribution in [-0.2, 0) is 17.3 Å². The number of carbonyl (C=O) groups is 1. The van der Waals surface area contributed by atoms with E-state index in [-0.39, 0.29) is 5.56 Å². The summed E-state index contributed by atoms with van der Waals surface area (Å²) in [6.07, 6.45) is 2.47. The molecular formula is C13H16N2O3S. The van der Waals surface area contributed by atoms with Crippen LogP contribution in [0.3, 0.4) is 0 Å². The SMILES string of the molecule is Cc1nc2c(C(=O)O)cccc2n1CCCS(C)=O. The monoisotopic (exact) mass is 280 g/mol. The van der Waals surface area contributed by atoms with Crippen LogP contribution < -0.4 is 0 Å². The Morgan fingerprint density at radius 2 is 2.21 bits per heavy atom. The van der Waals surface area contributed by atoms with Gasteiger partial charge in [0.25, 0.3) is 0 Å². The van der Waals surface area contributed by atoms with Crippen LogP contribution >= 0.6 is 0 Å². The van der Waals surface area contributed by atoms with Crippen LogP contribution in [0.1, 0.15) is 22.6 Å². The molecule has 1 unspecified atom stereocenters. The number of aromatic carboxylic acids is 1. The molecule has 0 spiro atoms. The maximum Gasteiger partial charge on any atom is 0.337 e. The third-order valence-corrected chi connectivity index (χ3v) is 3.88. The summed E-state index contributed by atoms with van der Waals surface area (Å²) in [6.45, 7) is 2.56. The lowest BCUT2D eigenvalue weighted by molar-refractivity contribution is 0.0699. The van der Waals surface area contributed by atoms with Gasteiger partial charge in [-0.3, -0.25) is 4.21 Å². The Bertz CT molecular complexity index is 649. The summed E-state index contributed by atoms with van der Waals surface area (Å²) in [5.41, 5.74) is 1.56. The van der Waals surface area contributed by atoms with Crippen LogP contribution in [0.5, 0.6) is 0 Å². The molecule has 0 amide bonds. The Morgan fingerprint density at radius 1 is 1.47 bits per heavy atom. The minimum atomic E-state index is -0.968. The highest BCUT2D eigenvalue weighted by Gasteiger charge is 2.14. The van der Waals surface area contributed by atoms with Crippen molar-refractivity contribution in [2.24, 2.45) is 0 Å². The van der Waals surface area contributed by atoms with Gasteiger partial charge in [-0.15, -0.1) is 0 Å². The van der Waals surface area contributed by atoms with E-state index in [1.807, 2.05) is 17.6 Å². The normalized spacial score (nSPS) is 12.7. The molecule has 2 rings (SSSR count). The molecular weight excluding hydrogens is 264 g/mol. The van der Waals surface area contributed by atoms with Gasteiger partial charge in [0, 0.05) is 29.4 Å². The molecule has 5 nitrogen and oxygen atoms in total. The van der Waals surface area contributed by atoms with Crippen molar-refractivity contribution in [3.8, 4) is 0 Å². The number of imidazole rings is 1. The maximum absolute atomic E-state index is 11.1. The second-order valence-corrected chi connectivity index (χ2v) is 5.97. The molecule has 0 radical (unpaired) electrons. The second kappa shape index (κ2) is 5.52. The quantitative estimate of drug-likeness (QED) is 0.906. The fraction of sp³-hybridized carbons (Fsp3) is 0.385. The number of rotatable bonds is 5. The number of aromatic nitrogens is 2. The second-order valence-electron chi connectivity index (χ2n) is 4.42. The Morgan fingerprint density at radius 3 is 2.84 bits per heavy atom. The number of para-hydroxylation sites is 1. The topological polar surface area (TPSA) is 72.2 Å². The number of carboxylic acid groups (broad SMARTS) is 1. The number of fused-ring (bicyclic) bond motifs is 1. The number of aryl methyl sites for hydroxylation is 2. The van der Waals surface area contributed by atoms with Gasteiger partial charge >= 0.3 is 5.97 Å². The van der Waals surface area contributed by atoms with Gasteiger partial charge < -0.3 is 9.67 Å². The van der Waals surface area contributed by atoms with Crippen molar-refractivity contribution < 1.29 is 14.1 Å². The summed E-state index contributed by atoms with van der Waals surface area (Å²) in [5, 5.41) is 9.14. The number of carboxylic acids is 1.